The van der Waals surface area contributed by atoms with E-state index < -0.39 is 0 Å². The normalized spacial score (nSPS) is 10.1. The molecule has 0 saturated carbocycles. The second-order valence-corrected chi connectivity index (χ2v) is 5.63. The summed E-state index contributed by atoms with van der Waals surface area (Å²) in [5.74, 6) is 0.428. The standard InChI is InChI=1S/C17H17ClN2O3S/c1-22-10-11-23-15-8-6-14(7-9-15)19-17(24)20-16(21)12-2-4-13(18)5-3-12/h2-9H,10-11H2,1H3,(H2,19,20,21,24). The summed E-state index contributed by atoms with van der Waals surface area (Å²) in [4.78, 5) is 12.0. The summed E-state index contributed by atoms with van der Waals surface area (Å²) in [5, 5.41) is 6.33. The molecule has 0 aliphatic heterocycles. The lowest BCUT2D eigenvalue weighted by Gasteiger charge is -2.11. The Bertz CT molecular complexity index is 690. The van der Waals surface area contributed by atoms with Gasteiger partial charge in [-0.3, -0.25) is 10.1 Å². The molecule has 0 radical (unpaired) electrons. The van der Waals surface area contributed by atoms with E-state index in [1.165, 1.54) is 0 Å². The molecule has 0 bridgehead atoms. The van der Waals surface area contributed by atoms with E-state index >= 15 is 0 Å². The third-order valence-corrected chi connectivity index (χ3v) is 3.46. The van der Waals surface area contributed by atoms with Crippen LogP contribution < -0.4 is 15.4 Å². The second kappa shape index (κ2) is 9.22. The number of carbonyl (C=O) groups excluding carboxylic acids is 1. The zero-order chi connectivity index (χ0) is 17.4. The number of amides is 1. The Morgan fingerprint density at radius 2 is 1.75 bits per heavy atom. The monoisotopic (exact) mass is 364 g/mol. The predicted molar refractivity (Wildman–Crippen MR) is 99.0 cm³/mol. The van der Waals surface area contributed by atoms with E-state index in [9.17, 15) is 4.79 Å². The predicted octanol–water partition coefficient (Wildman–Crippen LogP) is 3.49. The first kappa shape index (κ1) is 18.2. The van der Waals surface area contributed by atoms with E-state index in [0.29, 0.717) is 23.8 Å². The first-order valence-corrected chi connectivity index (χ1v) is 7.97. The maximum Gasteiger partial charge on any atom is 0.257 e. The Balaban J connectivity index is 1.85. The van der Waals surface area contributed by atoms with Gasteiger partial charge in [-0.25, -0.2) is 0 Å². The number of benzene rings is 2. The molecule has 0 aliphatic carbocycles. The topological polar surface area (TPSA) is 59.6 Å². The molecular formula is C17H17ClN2O3S. The van der Waals surface area contributed by atoms with Crippen molar-refractivity contribution in [1.29, 1.82) is 0 Å². The Morgan fingerprint density at radius 3 is 2.38 bits per heavy atom. The molecule has 0 aliphatic rings. The van der Waals surface area contributed by atoms with Gasteiger partial charge in [0.15, 0.2) is 5.11 Å². The molecule has 0 aromatic heterocycles. The molecule has 24 heavy (non-hydrogen) atoms. The average Bonchev–Trinajstić information content (AvgIpc) is 2.57. The molecule has 1 amide bonds. The first-order chi connectivity index (χ1) is 11.6. The van der Waals surface area contributed by atoms with Crippen LogP contribution in [-0.2, 0) is 4.74 Å². The SMILES string of the molecule is COCCOc1ccc(NC(=S)NC(=O)c2ccc(Cl)cc2)cc1. The highest BCUT2D eigenvalue weighted by Crippen LogP contribution is 2.15. The van der Waals surface area contributed by atoms with Crippen LogP contribution in [0.3, 0.4) is 0 Å². The van der Waals surface area contributed by atoms with Crippen molar-refractivity contribution in [2.24, 2.45) is 0 Å². The summed E-state index contributed by atoms with van der Waals surface area (Å²) in [6.45, 7) is 1.01. The van der Waals surface area contributed by atoms with Crippen LogP contribution in [0.25, 0.3) is 0 Å². The quantitative estimate of drug-likeness (QED) is 0.607. The Kier molecular flexibility index (Phi) is 6.99. The first-order valence-electron chi connectivity index (χ1n) is 7.18. The highest BCUT2D eigenvalue weighted by molar-refractivity contribution is 7.80. The maximum atomic E-state index is 12.0. The van der Waals surface area contributed by atoms with Crippen molar-refractivity contribution in [2.45, 2.75) is 0 Å². The Hall–Kier alpha value is -2.15. The molecule has 7 heteroatoms. The third kappa shape index (κ3) is 5.81. The van der Waals surface area contributed by atoms with Crippen molar-refractivity contribution < 1.29 is 14.3 Å². The zero-order valence-electron chi connectivity index (χ0n) is 13.0. The van der Waals surface area contributed by atoms with Crippen LogP contribution in [0.1, 0.15) is 10.4 Å². The molecular weight excluding hydrogens is 348 g/mol. The van der Waals surface area contributed by atoms with Crippen LogP contribution in [0.5, 0.6) is 5.75 Å². The largest absolute Gasteiger partial charge is 0.491 e. The summed E-state index contributed by atoms with van der Waals surface area (Å²) < 4.78 is 10.4. The van der Waals surface area contributed by atoms with Crippen LogP contribution in [0, 0.1) is 0 Å². The van der Waals surface area contributed by atoms with Crippen molar-refractivity contribution in [3.63, 3.8) is 0 Å². The molecule has 126 valence electrons. The number of ether oxygens (including phenoxy) is 2. The van der Waals surface area contributed by atoms with E-state index in [0.717, 1.165) is 11.4 Å². The second-order valence-electron chi connectivity index (χ2n) is 4.78. The summed E-state index contributed by atoms with van der Waals surface area (Å²) in [7, 11) is 1.62. The molecule has 2 rings (SSSR count). The summed E-state index contributed by atoms with van der Waals surface area (Å²) in [6.07, 6.45) is 0. The van der Waals surface area contributed by atoms with Crippen LogP contribution in [-0.4, -0.2) is 31.3 Å². The minimum atomic E-state index is -0.302. The molecule has 0 spiro atoms. The van der Waals surface area contributed by atoms with Gasteiger partial charge in [0.2, 0.25) is 0 Å². The van der Waals surface area contributed by atoms with E-state index in [-0.39, 0.29) is 11.0 Å². The van der Waals surface area contributed by atoms with Gasteiger partial charge in [0.1, 0.15) is 12.4 Å². The van der Waals surface area contributed by atoms with Crippen molar-refractivity contribution in [3.05, 3.63) is 59.1 Å². The molecule has 5 nitrogen and oxygen atoms in total. The molecule has 0 atom stereocenters. The molecule has 0 fully saturated rings. The van der Waals surface area contributed by atoms with Gasteiger partial charge in [0, 0.05) is 23.4 Å². The maximum absolute atomic E-state index is 12.0. The highest BCUT2D eigenvalue weighted by Gasteiger charge is 2.08. The van der Waals surface area contributed by atoms with E-state index in [1.807, 2.05) is 24.3 Å². The number of nitrogens with one attached hydrogen (secondary N) is 2. The lowest BCUT2D eigenvalue weighted by atomic mass is 10.2. The number of methoxy groups -OCH3 is 1. The Morgan fingerprint density at radius 1 is 1.08 bits per heavy atom. The highest BCUT2D eigenvalue weighted by atomic mass is 35.5. The van der Waals surface area contributed by atoms with Crippen LogP contribution in [0.15, 0.2) is 48.5 Å². The fourth-order valence-corrected chi connectivity index (χ4v) is 2.15. The molecule has 0 unspecified atom stereocenters. The lowest BCUT2D eigenvalue weighted by molar-refractivity contribution is 0.0977. The summed E-state index contributed by atoms with van der Waals surface area (Å²) >= 11 is 10.9. The van der Waals surface area contributed by atoms with Gasteiger partial charge in [0.25, 0.3) is 5.91 Å². The fourth-order valence-electron chi connectivity index (χ4n) is 1.82. The van der Waals surface area contributed by atoms with Gasteiger partial charge >= 0.3 is 0 Å². The number of anilines is 1. The molecule has 0 saturated heterocycles. The molecule has 2 aromatic carbocycles. The molecule has 0 heterocycles. The number of rotatable bonds is 6. The summed E-state index contributed by atoms with van der Waals surface area (Å²) in [5.41, 5.74) is 1.22. The van der Waals surface area contributed by atoms with Gasteiger partial charge in [-0.15, -0.1) is 0 Å². The fraction of sp³-hybridized carbons (Fsp3) is 0.176. The minimum absolute atomic E-state index is 0.211. The molecule has 2 aromatic rings. The van der Waals surface area contributed by atoms with Crippen molar-refractivity contribution >= 4 is 40.5 Å². The average molecular weight is 365 g/mol. The number of hydrogen-bond donors (Lipinski definition) is 2. The number of halogens is 1. The van der Waals surface area contributed by atoms with E-state index in [1.54, 1.807) is 31.4 Å². The van der Waals surface area contributed by atoms with Gasteiger partial charge in [-0.1, -0.05) is 11.6 Å². The van der Waals surface area contributed by atoms with Crippen LogP contribution >= 0.6 is 23.8 Å². The lowest BCUT2D eigenvalue weighted by Crippen LogP contribution is -2.34. The summed E-state index contributed by atoms with van der Waals surface area (Å²) in [6, 6.07) is 13.8. The minimum Gasteiger partial charge on any atom is -0.491 e. The third-order valence-electron chi connectivity index (χ3n) is 3.00. The smallest absolute Gasteiger partial charge is 0.257 e. The van der Waals surface area contributed by atoms with Gasteiger partial charge in [0.05, 0.1) is 6.61 Å². The van der Waals surface area contributed by atoms with Gasteiger partial charge < -0.3 is 14.8 Å². The zero-order valence-corrected chi connectivity index (χ0v) is 14.6. The van der Waals surface area contributed by atoms with Crippen LogP contribution in [0.4, 0.5) is 5.69 Å². The number of hydrogen-bond acceptors (Lipinski definition) is 4. The van der Waals surface area contributed by atoms with Crippen molar-refractivity contribution in [2.75, 3.05) is 25.6 Å². The van der Waals surface area contributed by atoms with E-state index in [2.05, 4.69) is 10.6 Å². The van der Waals surface area contributed by atoms with Crippen LogP contribution in [0.2, 0.25) is 5.02 Å². The van der Waals surface area contributed by atoms with Gasteiger partial charge in [-0.2, -0.15) is 0 Å². The number of thiocarbonyl (C=S) groups is 1. The van der Waals surface area contributed by atoms with Crippen molar-refractivity contribution in [1.82, 2.24) is 5.32 Å². The van der Waals surface area contributed by atoms with E-state index in [4.69, 9.17) is 33.3 Å². The number of carbonyl (C=O) groups is 1. The molecule has 2 N–H and O–H groups in total. The van der Waals surface area contributed by atoms with Gasteiger partial charge in [-0.05, 0) is 60.7 Å². The Labute approximate surface area is 150 Å². The van der Waals surface area contributed by atoms with Crippen molar-refractivity contribution in [3.8, 4) is 5.75 Å².